The van der Waals surface area contributed by atoms with E-state index >= 15 is 0 Å². The van der Waals surface area contributed by atoms with Gasteiger partial charge in [-0.15, -0.1) is 0 Å². The average Bonchev–Trinajstić information content (AvgIpc) is 2.95. The molecule has 1 N–H and O–H groups in total. The van der Waals surface area contributed by atoms with E-state index in [1.807, 2.05) is 0 Å². The molecule has 2 atom stereocenters. The first kappa shape index (κ1) is 41.0. The Kier molecular flexibility index (Phi) is 27.5. The molecule has 43 heavy (non-hydrogen) atoms. The van der Waals surface area contributed by atoms with Crippen molar-refractivity contribution in [1.82, 2.24) is 0 Å². The molecule has 0 saturated heterocycles. The normalized spacial score (nSPS) is 13.8. The summed E-state index contributed by atoms with van der Waals surface area (Å²) in [6.45, 7) is 2.24. The highest BCUT2D eigenvalue weighted by Gasteiger charge is 2.24. The Morgan fingerprint density at radius 1 is 0.721 bits per heavy atom. The Labute approximate surface area is 264 Å². The summed E-state index contributed by atoms with van der Waals surface area (Å²) in [7, 11) is 5.36. The summed E-state index contributed by atoms with van der Waals surface area (Å²) in [5, 5.41) is 21.2. The second kappa shape index (κ2) is 28.8. The molecule has 0 aromatic rings. The van der Waals surface area contributed by atoms with Crippen molar-refractivity contribution in [3.8, 4) is 0 Å². The lowest BCUT2D eigenvalue weighted by Crippen LogP contribution is -2.55. The number of hydrogen-bond donors (Lipinski definition) is 1. The van der Waals surface area contributed by atoms with Crippen molar-refractivity contribution >= 4 is 11.9 Å². The molecule has 0 aromatic heterocycles. The highest BCUT2D eigenvalue weighted by atomic mass is 16.5. The number of esters is 1. The van der Waals surface area contributed by atoms with Gasteiger partial charge >= 0.3 is 5.97 Å². The molecular weight excluding hydrogens is 542 g/mol. The molecule has 0 aliphatic carbocycles. The standard InChI is InChI=1S/C36H65NO6/c1-5-6-7-8-9-10-11-12-13-14-15-16-17-18-19-20-21-22-23-24-25-26-27-28-35(39)43-32-33(38)31-42-30-29-34(36(40)41)37(2,3)4/h6-7,9-10,12-13,33-34,38H,5,8,11,14-32H2,1-4H3/b7-6+,10-9+,13-12+. The summed E-state index contributed by atoms with van der Waals surface area (Å²) in [5.41, 5.74) is 0. The number of aliphatic carboxylic acids is 1. The molecule has 0 spiro atoms. The van der Waals surface area contributed by atoms with E-state index in [-0.39, 0.29) is 36.7 Å². The zero-order valence-corrected chi connectivity index (χ0v) is 28.1. The summed E-state index contributed by atoms with van der Waals surface area (Å²) >= 11 is 0. The SMILES string of the molecule is CC/C=C/C/C=C/C/C=C/CCCCCCCCCCCCCCCC(=O)OCC(O)COCCC(C(=O)[O-])[N+](C)(C)C. The molecule has 0 aliphatic rings. The molecule has 0 aromatic carbocycles. The fraction of sp³-hybridized carbons (Fsp3) is 0.778. The number of carbonyl (C=O) groups is 2. The van der Waals surface area contributed by atoms with Gasteiger partial charge in [0.15, 0.2) is 0 Å². The van der Waals surface area contributed by atoms with Crippen LogP contribution in [-0.2, 0) is 19.1 Å². The fourth-order valence-electron chi connectivity index (χ4n) is 4.85. The molecule has 7 nitrogen and oxygen atoms in total. The quantitative estimate of drug-likeness (QED) is 0.0416. The lowest BCUT2D eigenvalue weighted by molar-refractivity contribution is -0.889. The minimum absolute atomic E-state index is 0.00156. The van der Waals surface area contributed by atoms with Crippen LogP contribution in [0.1, 0.15) is 129 Å². The van der Waals surface area contributed by atoms with Gasteiger partial charge in [0.2, 0.25) is 0 Å². The zero-order chi connectivity index (χ0) is 32.0. The molecular formula is C36H65NO6. The predicted molar refractivity (Wildman–Crippen MR) is 175 cm³/mol. The van der Waals surface area contributed by atoms with Crippen LogP contribution in [0.3, 0.4) is 0 Å². The van der Waals surface area contributed by atoms with Gasteiger partial charge in [-0.2, -0.15) is 0 Å². The molecule has 0 bridgehead atoms. The number of quaternary nitrogens is 1. The van der Waals surface area contributed by atoms with Crippen LogP contribution in [0.5, 0.6) is 0 Å². The van der Waals surface area contributed by atoms with E-state index in [9.17, 15) is 19.8 Å². The maximum atomic E-state index is 11.9. The summed E-state index contributed by atoms with van der Waals surface area (Å²) in [4.78, 5) is 23.2. The first-order chi connectivity index (χ1) is 20.7. The fourth-order valence-corrected chi connectivity index (χ4v) is 4.85. The molecule has 0 rings (SSSR count). The number of allylic oxidation sites excluding steroid dienone is 6. The Balaban J connectivity index is 3.45. The first-order valence-corrected chi connectivity index (χ1v) is 17.1. The van der Waals surface area contributed by atoms with Gasteiger partial charge in [0.25, 0.3) is 0 Å². The molecule has 0 amide bonds. The molecule has 0 fully saturated rings. The lowest BCUT2D eigenvalue weighted by Gasteiger charge is -2.34. The van der Waals surface area contributed by atoms with Gasteiger partial charge in [-0.1, -0.05) is 114 Å². The molecule has 0 saturated carbocycles. The third-order valence-electron chi connectivity index (χ3n) is 7.52. The lowest BCUT2D eigenvalue weighted by atomic mass is 10.0. The van der Waals surface area contributed by atoms with E-state index in [0.717, 1.165) is 38.5 Å². The van der Waals surface area contributed by atoms with Crippen LogP contribution in [0.4, 0.5) is 0 Å². The van der Waals surface area contributed by atoms with Crippen molar-refractivity contribution in [2.75, 3.05) is 41.0 Å². The van der Waals surface area contributed by atoms with Crippen molar-refractivity contribution in [3.63, 3.8) is 0 Å². The number of carboxylic acid groups (broad SMARTS) is 1. The number of aliphatic hydroxyl groups excluding tert-OH is 1. The Morgan fingerprint density at radius 3 is 1.72 bits per heavy atom. The van der Waals surface area contributed by atoms with Crippen molar-refractivity contribution in [2.24, 2.45) is 0 Å². The van der Waals surface area contributed by atoms with Gasteiger partial charge in [-0.3, -0.25) is 4.79 Å². The largest absolute Gasteiger partial charge is 0.544 e. The number of aliphatic hydroxyl groups is 1. The summed E-state index contributed by atoms with van der Waals surface area (Å²) in [6, 6.07) is -0.686. The number of carbonyl (C=O) groups excluding carboxylic acids is 2. The van der Waals surface area contributed by atoms with Gasteiger partial charge in [0.05, 0.1) is 40.3 Å². The second-order valence-corrected chi connectivity index (χ2v) is 12.6. The third-order valence-corrected chi connectivity index (χ3v) is 7.52. The highest BCUT2D eigenvalue weighted by Crippen LogP contribution is 2.14. The minimum atomic E-state index is -1.12. The summed E-state index contributed by atoms with van der Waals surface area (Å²) in [6.07, 6.45) is 33.9. The Hall–Kier alpha value is -1.96. The van der Waals surface area contributed by atoms with E-state index in [1.54, 1.807) is 21.1 Å². The van der Waals surface area contributed by atoms with Gasteiger partial charge in [-0.25, -0.2) is 0 Å². The van der Waals surface area contributed by atoms with Crippen molar-refractivity contribution < 1.29 is 33.8 Å². The minimum Gasteiger partial charge on any atom is -0.544 e. The van der Waals surface area contributed by atoms with Crippen LogP contribution < -0.4 is 5.11 Å². The molecule has 0 heterocycles. The van der Waals surface area contributed by atoms with Crippen molar-refractivity contribution in [3.05, 3.63) is 36.5 Å². The van der Waals surface area contributed by atoms with Crippen molar-refractivity contribution in [1.29, 1.82) is 0 Å². The monoisotopic (exact) mass is 607 g/mol. The molecule has 250 valence electrons. The molecule has 2 unspecified atom stereocenters. The van der Waals surface area contributed by atoms with E-state index in [2.05, 4.69) is 43.4 Å². The van der Waals surface area contributed by atoms with E-state index in [0.29, 0.717) is 6.42 Å². The van der Waals surface area contributed by atoms with Gasteiger partial charge in [-0.05, 0) is 38.5 Å². The Morgan fingerprint density at radius 2 is 1.21 bits per heavy atom. The molecule has 7 heteroatoms. The number of nitrogens with zero attached hydrogens (tertiary/aromatic N) is 1. The van der Waals surface area contributed by atoms with E-state index < -0.39 is 18.1 Å². The van der Waals surface area contributed by atoms with Gasteiger partial charge < -0.3 is 29.0 Å². The number of carboxylic acids is 1. The second-order valence-electron chi connectivity index (χ2n) is 12.6. The summed E-state index contributed by atoms with van der Waals surface area (Å²) in [5.74, 6) is -1.41. The van der Waals surface area contributed by atoms with E-state index in [1.165, 1.54) is 70.6 Å². The van der Waals surface area contributed by atoms with Gasteiger partial charge in [0.1, 0.15) is 18.8 Å². The van der Waals surface area contributed by atoms with Crippen LogP contribution in [-0.4, -0.2) is 74.6 Å². The maximum Gasteiger partial charge on any atom is 0.305 e. The topological polar surface area (TPSA) is 95.9 Å². The number of hydrogen-bond acceptors (Lipinski definition) is 6. The molecule has 0 radical (unpaired) electrons. The average molecular weight is 608 g/mol. The van der Waals surface area contributed by atoms with Crippen LogP contribution in [0, 0.1) is 0 Å². The smallest absolute Gasteiger partial charge is 0.305 e. The Bertz CT molecular complexity index is 755. The number of rotatable bonds is 30. The number of likely N-dealkylation sites (N-methyl/N-ethyl adjacent to an activating group) is 1. The van der Waals surface area contributed by atoms with E-state index in [4.69, 9.17) is 9.47 Å². The number of ether oxygens (including phenoxy) is 2. The summed E-state index contributed by atoms with van der Waals surface area (Å²) < 4.78 is 10.7. The maximum absolute atomic E-state index is 11.9. The third kappa shape index (κ3) is 28.6. The first-order valence-electron chi connectivity index (χ1n) is 17.1. The van der Waals surface area contributed by atoms with Crippen LogP contribution >= 0.6 is 0 Å². The van der Waals surface area contributed by atoms with Crippen molar-refractivity contribution in [2.45, 2.75) is 141 Å². The van der Waals surface area contributed by atoms with Crippen LogP contribution in [0.2, 0.25) is 0 Å². The van der Waals surface area contributed by atoms with Gasteiger partial charge in [0, 0.05) is 12.8 Å². The zero-order valence-electron chi connectivity index (χ0n) is 28.1. The molecule has 0 aliphatic heterocycles. The predicted octanol–water partition coefficient (Wildman–Crippen LogP) is 6.83. The van der Waals surface area contributed by atoms with Crippen LogP contribution in [0.25, 0.3) is 0 Å². The van der Waals surface area contributed by atoms with Crippen LogP contribution in [0.15, 0.2) is 36.5 Å². The highest BCUT2D eigenvalue weighted by molar-refractivity contribution is 5.69. The number of unbranched alkanes of at least 4 members (excludes halogenated alkanes) is 13.